The van der Waals surface area contributed by atoms with Crippen LogP contribution in [-0.2, 0) is 11.8 Å². The van der Waals surface area contributed by atoms with Crippen molar-refractivity contribution in [1.82, 2.24) is 38.9 Å². The van der Waals surface area contributed by atoms with E-state index in [9.17, 15) is 0 Å². The molecule has 1 aliphatic rings. The van der Waals surface area contributed by atoms with Crippen molar-refractivity contribution in [2.45, 2.75) is 44.9 Å². The van der Waals surface area contributed by atoms with E-state index < -0.39 is 0 Å². The van der Waals surface area contributed by atoms with E-state index in [0.717, 1.165) is 46.7 Å². The fraction of sp³-hybridized carbons (Fsp3) is 0.346. The van der Waals surface area contributed by atoms with Gasteiger partial charge in [-0.05, 0) is 44.9 Å². The first-order chi connectivity index (χ1) is 17.5. The first-order valence-corrected chi connectivity index (χ1v) is 12.2. The molecule has 1 fully saturated rings. The lowest BCUT2D eigenvalue weighted by atomic mass is 9.89. The van der Waals surface area contributed by atoms with E-state index in [0.29, 0.717) is 11.6 Å². The number of ether oxygens (including phenoxy) is 1. The maximum atomic E-state index is 5.50. The second-order valence-corrected chi connectivity index (χ2v) is 9.52. The quantitative estimate of drug-likeness (QED) is 0.370. The molecule has 0 saturated heterocycles. The van der Waals surface area contributed by atoms with Crippen molar-refractivity contribution < 1.29 is 4.74 Å². The molecule has 5 heterocycles. The number of nitrogens with zero attached hydrogens (tertiary/aromatic N) is 8. The molecule has 0 radical (unpaired) electrons. The minimum atomic E-state index is 0.258. The van der Waals surface area contributed by atoms with E-state index in [-0.39, 0.29) is 18.2 Å². The molecule has 1 saturated carbocycles. The van der Waals surface area contributed by atoms with Crippen molar-refractivity contribution >= 4 is 11.3 Å². The molecule has 0 bridgehead atoms. The van der Waals surface area contributed by atoms with E-state index >= 15 is 0 Å². The number of pyridine rings is 1. The first kappa shape index (κ1) is 22.4. The summed E-state index contributed by atoms with van der Waals surface area (Å²) in [7, 11) is 3.70. The van der Waals surface area contributed by atoms with Gasteiger partial charge in [0.25, 0.3) is 0 Å². The standard InChI is InChI=1S/C26H29N9O/c1-16(2)34-11-8-20(31-34)19-15-35-23(22(19)21-7-5-6-9-27-21)24(29-17-13-18(14-17)36-4)30-25(32-35)26-28-10-12-33(26)3/h5-12,15-18H,13-14H2,1-4H3,(H,29,30,32). The second kappa shape index (κ2) is 8.87. The summed E-state index contributed by atoms with van der Waals surface area (Å²) in [5.41, 5.74) is 4.46. The van der Waals surface area contributed by atoms with Gasteiger partial charge in [-0.3, -0.25) is 9.67 Å². The minimum absolute atomic E-state index is 0.258. The summed E-state index contributed by atoms with van der Waals surface area (Å²) in [5, 5.41) is 13.4. The third kappa shape index (κ3) is 3.83. The van der Waals surface area contributed by atoms with Gasteiger partial charge in [-0.2, -0.15) is 5.10 Å². The first-order valence-electron chi connectivity index (χ1n) is 12.2. The van der Waals surface area contributed by atoms with Crippen molar-refractivity contribution in [3.63, 3.8) is 0 Å². The number of imidazole rings is 1. The second-order valence-electron chi connectivity index (χ2n) is 9.52. The summed E-state index contributed by atoms with van der Waals surface area (Å²) in [6, 6.07) is 8.48. The smallest absolute Gasteiger partial charge is 0.218 e. The Bertz CT molecular complexity index is 1510. The SMILES string of the molecule is COC1CC(Nc2nc(-c3nccn3C)nn3cc(-c4ccn(C(C)C)n4)c(-c4ccccn4)c23)C1. The lowest BCUT2D eigenvalue weighted by Gasteiger charge is -2.35. The highest BCUT2D eigenvalue weighted by molar-refractivity contribution is 5.97. The Balaban J connectivity index is 1.59. The average Bonchev–Trinajstić information content (AvgIpc) is 3.59. The molecule has 10 nitrogen and oxygen atoms in total. The Morgan fingerprint density at radius 2 is 1.89 bits per heavy atom. The number of nitrogens with one attached hydrogen (secondary N) is 1. The topological polar surface area (TPSA) is 100.0 Å². The molecule has 0 amide bonds. The zero-order valence-corrected chi connectivity index (χ0v) is 20.8. The zero-order valence-electron chi connectivity index (χ0n) is 20.8. The van der Waals surface area contributed by atoms with Gasteiger partial charge in [0.15, 0.2) is 11.6 Å². The molecular formula is C26H29N9O. The van der Waals surface area contributed by atoms with Crippen LogP contribution in [0, 0.1) is 0 Å². The fourth-order valence-electron chi connectivity index (χ4n) is 4.66. The zero-order chi connectivity index (χ0) is 24.8. The van der Waals surface area contributed by atoms with Crippen LogP contribution in [0.2, 0.25) is 0 Å². The van der Waals surface area contributed by atoms with Gasteiger partial charge >= 0.3 is 0 Å². The number of rotatable bonds is 7. The van der Waals surface area contributed by atoms with E-state index in [1.54, 1.807) is 19.5 Å². The van der Waals surface area contributed by atoms with Crippen molar-refractivity contribution in [3.05, 3.63) is 55.2 Å². The van der Waals surface area contributed by atoms with Crippen molar-refractivity contribution in [3.8, 4) is 34.2 Å². The lowest BCUT2D eigenvalue weighted by Crippen LogP contribution is -2.40. The van der Waals surface area contributed by atoms with Gasteiger partial charge in [0.2, 0.25) is 5.82 Å². The van der Waals surface area contributed by atoms with Crippen LogP contribution in [0.25, 0.3) is 39.7 Å². The highest BCUT2D eigenvalue weighted by Gasteiger charge is 2.31. The number of aromatic nitrogens is 8. The largest absolute Gasteiger partial charge is 0.381 e. The number of anilines is 1. The van der Waals surface area contributed by atoms with Gasteiger partial charge in [0.1, 0.15) is 5.52 Å². The summed E-state index contributed by atoms with van der Waals surface area (Å²) >= 11 is 0. The third-order valence-electron chi connectivity index (χ3n) is 6.76. The van der Waals surface area contributed by atoms with Crippen LogP contribution in [0.15, 0.2) is 55.2 Å². The molecule has 0 aromatic carbocycles. The number of methoxy groups -OCH3 is 1. The third-order valence-corrected chi connectivity index (χ3v) is 6.76. The monoisotopic (exact) mass is 483 g/mol. The van der Waals surface area contributed by atoms with Crippen molar-refractivity contribution in [2.75, 3.05) is 12.4 Å². The normalized spacial score (nSPS) is 17.6. The minimum Gasteiger partial charge on any atom is -0.381 e. The molecule has 0 unspecified atom stereocenters. The predicted molar refractivity (Wildman–Crippen MR) is 137 cm³/mol. The average molecular weight is 484 g/mol. The Labute approximate surface area is 209 Å². The summed E-state index contributed by atoms with van der Waals surface area (Å²) in [6.45, 7) is 4.23. The highest BCUT2D eigenvalue weighted by Crippen LogP contribution is 2.39. The molecule has 5 aromatic heterocycles. The van der Waals surface area contributed by atoms with Crippen LogP contribution in [0.4, 0.5) is 5.82 Å². The molecule has 1 aliphatic carbocycles. The molecule has 0 spiro atoms. The summed E-state index contributed by atoms with van der Waals surface area (Å²) in [6.07, 6.45) is 11.6. The fourth-order valence-corrected chi connectivity index (χ4v) is 4.66. The van der Waals surface area contributed by atoms with Crippen LogP contribution in [0.3, 0.4) is 0 Å². The summed E-state index contributed by atoms with van der Waals surface area (Å²) in [4.78, 5) is 14.2. The van der Waals surface area contributed by atoms with Gasteiger partial charge < -0.3 is 14.6 Å². The van der Waals surface area contributed by atoms with E-state index in [1.807, 2.05) is 63.7 Å². The van der Waals surface area contributed by atoms with Gasteiger partial charge in [0.05, 0.1) is 17.5 Å². The predicted octanol–water partition coefficient (Wildman–Crippen LogP) is 4.23. The van der Waals surface area contributed by atoms with Crippen molar-refractivity contribution in [2.24, 2.45) is 7.05 Å². The highest BCUT2D eigenvalue weighted by atomic mass is 16.5. The van der Waals surface area contributed by atoms with E-state index in [1.165, 1.54) is 0 Å². The van der Waals surface area contributed by atoms with Gasteiger partial charge in [-0.1, -0.05) is 6.07 Å². The Morgan fingerprint density at radius 3 is 2.56 bits per heavy atom. The van der Waals surface area contributed by atoms with Gasteiger partial charge in [-0.25, -0.2) is 14.5 Å². The maximum Gasteiger partial charge on any atom is 0.218 e. The Hall–Kier alpha value is -4.05. The molecule has 0 aliphatic heterocycles. The van der Waals surface area contributed by atoms with Gasteiger partial charge in [-0.15, -0.1) is 5.10 Å². The summed E-state index contributed by atoms with van der Waals surface area (Å²) in [5.74, 6) is 1.99. The number of aryl methyl sites for hydroxylation is 1. The molecular weight excluding hydrogens is 454 g/mol. The number of fused-ring (bicyclic) bond motifs is 1. The van der Waals surface area contributed by atoms with Crippen molar-refractivity contribution in [1.29, 1.82) is 0 Å². The molecule has 1 N–H and O–H groups in total. The molecule has 184 valence electrons. The molecule has 10 heteroatoms. The van der Waals surface area contributed by atoms with Crippen LogP contribution < -0.4 is 5.32 Å². The Morgan fingerprint density at radius 1 is 1.03 bits per heavy atom. The number of hydrogen-bond acceptors (Lipinski definition) is 7. The van der Waals surface area contributed by atoms with Gasteiger partial charge in [0, 0.05) is 68.4 Å². The molecule has 0 atom stereocenters. The lowest BCUT2D eigenvalue weighted by molar-refractivity contribution is 0.0328. The number of hydrogen-bond donors (Lipinski definition) is 1. The van der Waals surface area contributed by atoms with E-state index in [2.05, 4.69) is 24.1 Å². The van der Waals surface area contributed by atoms with E-state index in [4.69, 9.17) is 24.9 Å². The summed E-state index contributed by atoms with van der Waals surface area (Å²) < 4.78 is 11.3. The van der Waals surface area contributed by atoms with Crippen LogP contribution in [0.5, 0.6) is 0 Å². The molecule has 5 aromatic rings. The van der Waals surface area contributed by atoms with Crippen LogP contribution in [0.1, 0.15) is 32.7 Å². The maximum absolute atomic E-state index is 5.50. The Kier molecular flexibility index (Phi) is 5.52. The molecule has 36 heavy (non-hydrogen) atoms. The molecule has 6 rings (SSSR count). The van der Waals surface area contributed by atoms with Crippen LogP contribution in [-0.4, -0.2) is 58.2 Å². The van der Waals surface area contributed by atoms with Crippen LogP contribution >= 0.6 is 0 Å².